The Hall–Kier alpha value is -0.323. The van der Waals surface area contributed by atoms with Gasteiger partial charge in [0.1, 0.15) is 0 Å². The van der Waals surface area contributed by atoms with Crippen LogP contribution in [0, 0.1) is 0 Å². The standard InChI is InChI=1S/C2H3F3OSi/c3-2(4,5)1(6)7/h7H3. The lowest BCUT2D eigenvalue weighted by atomic mass is 10.7. The third kappa shape index (κ3) is 2.38. The second-order valence-electron chi connectivity index (χ2n) is 1.05. The molecule has 0 bridgehead atoms. The molecule has 0 aromatic rings. The van der Waals surface area contributed by atoms with Crippen molar-refractivity contribution in [2.24, 2.45) is 0 Å². The molecule has 0 rings (SSSR count). The molecule has 0 aliphatic heterocycles. The van der Waals surface area contributed by atoms with Crippen LogP contribution in [0.3, 0.4) is 0 Å². The number of carbonyl (C=O) groups is 1. The van der Waals surface area contributed by atoms with Gasteiger partial charge in [-0.05, 0) is 0 Å². The molecule has 42 valence electrons. The van der Waals surface area contributed by atoms with E-state index in [2.05, 4.69) is 0 Å². The van der Waals surface area contributed by atoms with Gasteiger partial charge in [-0.25, -0.2) is 0 Å². The third-order valence-corrected chi connectivity index (χ3v) is 0.966. The molecule has 7 heavy (non-hydrogen) atoms. The maximum absolute atomic E-state index is 10.9. The summed E-state index contributed by atoms with van der Waals surface area (Å²) in [6, 6.07) is 0. The van der Waals surface area contributed by atoms with Gasteiger partial charge in [-0.15, -0.1) is 0 Å². The molecule has 0 saturated carbocycles. The molecular weight excluding hydrogens is 125 g/mol. The van der Waals surface area contributed by atoms with Crippen LogP contribution in [-0.4, -0.2) is 21.8 Å². The first kappa shape index (κ1) is 6.68. The minimum absolute atomic E-state index is 0.436. The quantitative estimate of drug-likeness (QED) is 0.400. The van der Waals surface area contributed by atoms with Crippen LogP contribution in [0.1, 0.15) is 0 Å². The van der Waals surface area contributed by atoms with Crippen LogP contribution in [-0.2, 0) is 4.79 Å². The van der Waals surface area contributed by atoms with E-state index in [1.165, 1.54) is 0 Å². The second kappa shape index (κ2) is 1.65. The van der Waals surface area contributed by atoms with Crippen molar-refractivity contribution < 1.29 is 18.0 Å². The third-order valence-electron chi connectivity index (χ3n) is 0.399. The lowest BCUT2D eigenvalue weighted by molar-refractivity contribution is -0.161. The predicted octanol–water partition coefficient (Wildman–Crippen LogP) is -0.559. The first-order valence-electron chi connectivity index (χ1n) is 1.52. The monoisotopic (exact) mass is 128 g/mol. The Morgan fingerprint density at radius 3 is 1.57 bits per heavy atom. The zero-order valence-corrected chi connectivity index (χ0v) is 5.54. The smallest absolute Gasteiger partial charge is 0.297 e. The molecule has 0 aromatic heterocycles. The Balaban J connectivity index is 3.79. The topological polar surface area (TPSA) is 17.1 Å². The summed E-state index contributed by atoms with van der Waals surface area (Å²) < 4.78 is 32.6. The van der Waals surface area contributed by atoms with Crippen LogP contribution < -0.4 is 0 Å². The highest BCUT2D eigenvalue weighted by atomic mass is 28.1. The summed E-state index contributed by atoms with van der Waals surface area (Å²) in [5.41, 5.74) is 0. The molecule has 0 aliphatic carbocycles. The van der Waals surface area contributed by atoms with Gasteiger partial charge in [0, 0.05) is 0 Å². The number of hydrogen-bond acceptors (Lipinski definition) is 1. The molecule has 0 aromatic carbocycles. The van der Waals surface area contributed by atoms with Crippen molar-refractivity contribution in [1.82, 2.24) is 0 Å². The van der Waals surface area contributed by atoms with E-state index in [9.17, 15) is 18.0 Å². The van der Waals surface area contributed by atoms with Gasteiger partial charge in [0.05, 0.1) is 10.2 Å². The van der Waals surface area contributed by atoms with Crippen molar-refractivity contribution >= 4 is 15.6 Å². The van der Waals surface area contributed by atoms with Crippen molar-refractivity contribution in [3.8, 4) is 0 Å². The SMILES string of the molecule is O=C([SiH3])C(F)(F)F. The highest BCUT2D eigenvalue weighted by Crippen LogP contribution is 2.12. The molecule has 0 N–H and O–H groups in total. The normalized spacial score (nSPS) is 11.9. The lowest BCUT2D eigenvalue weighted by Gasteiger charge is -1.96. The summed E-state index contributed by atoms with van der Waals surface area (Å²) in [4.78, 5) is 9.40. The Bertz CT molecular complexity index is 85.4. The molecule has 0 fully saturated rings. The van der Waals surface area contributed by atoms with Crippen molar-refractivity contribution in [2.45, 2.75) is 6.18 Å². The van der Waals surface area contributed by atoms with Gasteiger partial charge in [0.15, 0.2) is 0 Å². The Morgan fingerprint density at radius 2 is 1.57 bits per heavy atom. The van der Waals surface area contributed by atoms with E-state index in [1.54, 1.807) is 0 Å². The first-order chi connectivity index (χ1) is 2.94. The van der Waals surface area contributed by atoms with Crippen LogP contribution in [0.25, 0.3) is 0 Å². The van der Waals surface area contributed by atoms with Gasteiger partial charge in [-0.3, -0.25) is 4.79 Å². The number of rotatable bonds is 0. The number of carbonyl (C=O) groups excluding carboxylic acids is 1. The minimum atomic E-state index is -4.58. The number of alkyl halides is 3. The molecule has 0 unspecified atom stereocenters. The van der Waals surface area contributed by atoms with Crippen LogP contribution in [0.15, 0.2) is 0 Å². The fourth-order valence-corrected chi connectivity index (χ4v) is 0. The maximum atomic E-state index is 10.9. The van der Waals surface area contributed by atoms with Crippen LogP contribution >= 0.6 is 0 Å². The average Bonchev–Trinajstić information content (AvgIpc) is 1.31. The van der Waals surface area contributed by atoms with Crippen LogP contribution in [0.4, 0.5) is 13.2 Å². The van der Waals surface area contributed by atoms with E-state index in [-0.39, 0.29) is 0 Å². The summed E-state index contributed by atoms with van der Waals surface area (Å²) in [5, 5.41) is -1.62. The van der Waals surface area contributed by atoms with Crippen molar-refractivity contribution in [2.75, 3.05) is 0 Å². The molecule has 0 spiro atoms. The Labute approximate surface area is 40.9 Å². The average molecular weight is 128 g/mol. The fourth-order valence-electron chi connectivity index (χ4n) is 0. The fraction of sp³-hybridized carbons (Fsp3) is 0.500. The Kier molecular flexibility index (Phi) is 1.57. The summed E-state index contributed by atoms with van der Waals surface area (Å²) in [6.07, 6.45) is -4.58. The summed E-state index contributed by atoms with van der Waals surface area (Å²) in [7, 11) is -0.436. The molecule has 0 saturated heterocycles. The maximum Gasteiger partial charge on any atom is 0.443 e. The van der Waals surface area contributed by atoms with Crippen LogP contribution in [0.2, 0.25) is 0 Å². The van der Waals surface area contributed by atoms with Gasteiger partial charge >= 0.3 is 6.18 Å². The number of hydrogen-bond donors (Lipinski definition) is 0. The molecule has 1 nitrogen and oxygen atoms in total. The van der Waals surface area contributed by atoms with Crippen molar-refractivity contribution in [3.05, 3.63) is 0 Å². The van der Waals surface area contributed by atoms with Gasteiger partial charge in [-0.1, -0.05) is 0 Å². The highest BCUT2D eigenvalue weighted by molar-refractivity contribution is 6.59. The molecule has 0 amide bonds. The summed E-state index contributed by atoms with van der Waals surface area (Å²) >= 11 is 0. The Morgan fingerprint density at radius 1 is 1.43 bits per heavy atom. The highest BCUT2D eigenvalue weighted by Gasteiger charge is 2.33. The first-order valence-corrected chi connectivity index (χ1v) is 2.52. The largest absolute Gasteiger partial charge is 0.443 e. The van der Waals surface area contributed by atoms with E-state index < -0.39 is 21.8 Å². The van der Waals surface area contributed by atoms with E-state index in [0.29, 0.717) is 0 Å². The molecule has 0 radical (unpaired) electrons. The van der Waals surface area contributed by atoms with Gasteiger partial charge < -0.3 is 0 Å². The summed E-state index contributed by atoms with van der Waals surface area (Å²) in [5.74, 6) is 0. The molecule has 0 atom stereocenters. The molecular formula is C2H3F3OSi. The van der Waals surface area contributed by atoms with Crippen molar-refractivity contribution in [1.29, 1.82) is 0 Å². The molecule has 0 heterocycles. The van der Waals surface area contributed by atoms with E-state index in [0.717, 1.165) is 0 Å². The molecule has 0 aliphatic rings. The zero-order chi connectivity index (χ0) is 6.08. The zero-order valence-electron chi connectivity index (χ0n) is 3.54. The summed E-state index contributed by atoms with van der Waals surface area (Å²) in [6.45, 7) is 0. The lowest BCUT2D eigenvalue weighted by Crippen LogP contribution is -2.21. The second-order valence-corrected chi connectivity index (χ2v) is 1.96. The van der Waals surface area contributed by atoms with Gasteiger partial charge in [0.2, 0.25) is 5.41 Å². The molecule has 5 heteroatoms. The predicted molar refractivity (Wildman–Crippen MR) is 21.0 cm³/mol. The number of halogens is 3. The van der Waals surface area contributed by atoms with E-state index in [1.807, 2.05) is 0 Å². The van der Waals surface area contributed by atoms with Crippen LogP contribution in [0.5, 0.6) is 0 Å². The van der Waals surface area contributed by atoms with Gasteiger partial charge in [0.25, 0.3) is 0 Å². The van der Waals surface area contributed by atoms with Gasteiger partial charge in [-0.2, -0.15) is 13.2 Å². The minimum Gasteiger partial charge on any atom is -0.297 e. The van der Waals surface area contributed by atoms with E-state index >= 15 is 0 Å². The van der Waals surface area contributed by atoms with E-state index in [4.69, 9.17) is 0 Å². The van der Waals surface area contributed by atoms with Crippen molar-refractivity contribution in [3.63, 3.8) is 0 Å².